The zero-order chi connectivity index (χ0) is 28.9. The molecule has 0 atom stereocenters. The van der Waals surface area contributed by atoms with Crippen molar-refractivity contribution in [2.45, 2.75) is 12.4 Å². The third kappa shape index (κ3) is 7.86. The third-order valence-corrected chi connectivity index (χ3v) is 7.02. The van der Waals surface area contributed by atoms with Crippen molar-refractivity contribution >= 4 is 55.2 Å². The van der Waals surface area contributed by atoms with Gasteiger partial charge < -0.3 is 0 Å². The second-order valence-electron chi connectivity index (χ2n) is 8.75. The highest BCUT2D eigenvalue weighted by molar-refractivity contribution is 9.10. The molecule has 0 N–H and O–H groups in total. The summed E-state index contributed by atoms with van der Waals surface area (Å²) in [5.41, 5.74) is 2.87. The molecule has 4 aromatic rings. The maximum Gasteiger partial charge on any atom is 0.416 e. The van der Waals surface area contributed by atoms with Crippen molar-refractivity contribution in [2.24, 2.45) is 0 Å². The van der Waals surface area contributed by atoms with Crippen LogP contribution in [0.5, 0.6) is 0 Å². The molecule has 0 radical (unpaired) electrons. The number of hydrogen-bond acceptors (Lipinski definition) is 0. The van der Waals surface area contributed by atoms with E-state index in [1.165, 1.54) is 24.3 Å². The number of benzene rings is 4. The molecule has 4 rings (SSSR count). The van der Waals surface area contributed by atoms with Crippen molar-refractivity contribution < 1.29 is 26.3 Å². The van der Waals surface area contributed by atoms with Crippen molar-refractivity contribution in [3.05, 3.63) is 152 Å². The quantitative estimate of drug-likeness (QED) is 0.108. The van der Waals surface area contributed by atoms with Crippen molar-refractivity contribution in [1.82, 2.24) is 0 Å². The summed E-state index contributed by atoms with van der Waals surface area (Å²) in [7, 11) is 0. The first-order chi connectivity index (χ1) is 18.9. The fraction of sp³-hybridized carbons (Fsp3) is 0.0625. The average molecular weight is 678 g/mol. The highest BCUT2D eigenvalue weighted by atomic mass is 79.9. The van der Waals surface area contributed by atoms with Gasteiger partial charge in [0.1, 0.15) is 0 Å². The van der Waals surface area contributed by atoms with Crippen LogP contribution in [-0.4, -0.2) is 0 Å². The summed E-state index contributed by atoms with van der Waals surface area (Å²) in [5, 5.41) is 0. The Morgan fingerprint density at radius 1 is 0.450 bits per heavy atom. The largest absolute Gasteiger partial charge is 0.416 e. The number of hydrogen-bond donors (Lipinski definition) is 0. The van der Waals surface area contributed by atoms with Crippen LogP contribution in [-0.2, 0) is 12.4 Å². The Morgan fingerprint density at radius 3 is 1.02 bits per heavy atom. The summed E-state index contributed by atoms with van der Waals surface area (Å²) in [6.45, 7) is 0. The van der Waals surface area contributed by atoms with E-state index in [4.69, 9.17) is 0 Å². The van der Waals surface area contributed by atoms with E-state index in [1.807, 2.05) is 60.7 Å². The topological polar surface area (TPSA) is 0 Å². The summed E-state index contributed by atoms with van der Waals surface area (Å²) in [5.74, 6) is 0. The van der Waals surface area contributed by atoms with Crippen LogP contribution in [0.3, 0.4) is 0 Å². The van der Waals surface area contributed by atoms with Crippen LogP contribution < -0.4 is 0 Å². The van der Waals surface area contributed by atoms with Gasteiger partial charge in [0.05, 0.1) is 11.1 Å². The molecule has 8 heteroatoms. The minimum Gasteiger partial charge on any atom is -0.166 e. The molecule has 0 nitrogen and oxygen atoms in total. The summed E-state index contributed by atoms with van der Waals surface area (Å²) < 4.78 is 79.8. The van der Waals surface area contributed by atoms with Gasteiger partial charge in [0.25, 0.3) is 0 Å². The first kappa shape index (κ1) is 29.6. The lowest BCUT2D eigenvalue weighted by Crippen LogP contribution is -2.04. The molecule has 0 spiro atoms. The van der Waals surface area contributed by atoms with E-state index in [9.17, 15) is 26.3 Å². The minimum atomic E-state index is -4.43. The number of alkyl halides is 6. The van der Waals surface area contributed by atoms with Gasteiger partial charge in [-0.2, -0.15) is 26.3 Å². The van der Waals surface area contributed by atoms with Gasteiger partial charge in [0.2, 0.25) is 0 Å². The predicted molar refractivity (Wildman–Crippen MR) is 156 cm³/mol. The maximum absolute atomic E-state index is 13.0. The Kier molecular flexibility index (Phi) is 9.21. The number of allylic oxidation sites excluding steroid dienone is 4. The van der Waals surface area contributed by atoms with Gasteiger partial charge in [0, 0.05) is 8.95 Å². The molecule has 0 aliphatic carbocycles. The van der Waals surface area contributed by atoms with Gasteiger partial charge in [-0.3, -0.25) is 0 Å². The average Bonchev–Trinajstić information content (AvgIpc) is 2.91. The first-order valence-corrected chi connectivity index (χ1v) is 13.5. The van der Waals surface area contributed by atoms with Crippen LogP contribution in [0.2, 0.25) is 0 Å². The number of halogens is 8. The molecule has 0 aromatic heterocycles. The zero-order valence-corrected chi connectivity index (χ0v) is 23.7. The highest BCUT2D eigenvalue weighted by Crippen LogP contribution is 2.34. The van der Waals surface area contributed by atoms with Crippen molar-refractivity contribution in [1.29, 1.82) is 0 Å². The Hall–Kier alpha value is -3.36. The van der Waals surface area contributed by atoms with Crippen LogP contribution in [0.1, 0.15) is 33.4 Å². The number of rotatable bonds is 6. The lowest BCUT2D eigenvalue weighted by Gasteiger charge is -2.12. The summed E-state index contributed by atoms with van der Waals surface area (Å²) >= 11 is 6.88. The second-order valence-corrected chi connectivity index (χ2v) is 10.6. The van der Waals surface area contributed by atoms with Gasteiger partial charge in [0.15, 0.2) is 0 Å². The molecule has 4 aromatic carbocycles. The van der Waals surface area contributed by atoms with Crippen molar-refractivity contribution in [2.75, 3.05) is 0 Å². The molecular formula is C32H20Br2F6. The lowest BCUT2D eigenvalue weighted by atomic mass is 9.93. The van der Waals surface area contributed by atoms with E-state index >= 15 is 0 Å². The molecule has 0 unspecified atom stereocenters. The predicted octanol–water partition coefficient (Wildman–Crippen LogP) is 11.6. The Morgan fingerprint density at radius 2 is 0.750 bits per heavy atom. The molecule has 0 aliphatic rings. The van der Waals surface area contributed by atoms with E-state index in [2.05, 4.69) is 31.9 Å². The van der Waals surface area contributed by atoms with E-state index in [0.29, 0.717) is 11.1 Å². The molecule has 0 aliphatic heterocycles. The molecule has 204 valence electrons. The molecule has 0 fully saturated rings. The maximum atomic E-state index is 13.0. The third-order valence-electron chi connectivity index (χ3n) is 5.96. The summed E-state index contributed by atoms with van der Waals surface area (Å²) in [4.78, 5) is 0. The van der Waals surface area contributed by atoms with Crippen LogP contribution in [0.4, 0.5) is 26.3 Å². The summed E-state index contributed by atoms with van der Waals surface area (Å²) in [6.07, 6.45) is -1.77. The van der Waals surface area contributed by atoms with Gasteiger partial charge in [-0.1, -0.05) is 105 Å². The fourth-order valence-electron chi connectivity index (χ4n) is 3.87. The zero-order valence-electron chi connectivity index (χ0n) is 20.6. The lowest BCUT2D eigenvalue weighted by molar-refractivity contribution is -0.138. The van der Waals surface area contributed by atoms with Crippen LogP contribution in [0.25, 0.3) is 23.3 Å². The molecule has 0 saturated carbocycles. The SMILES string of the molecule is FC(F)(F)c1ccc(/C=C/C(=C(/C=C/c2ccc(C(F)(F)F)cc2)c2ccc(Br)cc2)c2ccc(Br)cc2)cc1. The molecule has 0 heterocycles. The molecule has 0 saturated heterocycles. The smallest absolute Gasteiger partial charge is 0.166 e. The second kappa shape index (κ2) is 12.4. The van der Waals surface area contributed by atoms with Gasteiger partial charge >= 0.3 is 12.4 Å². The first-order valence-electron chi connectivity index (χ1n) is 11.9. The monoisotopic (exact) mass is 676 g/mol. The van der Waals surface area contributed by atoms with Crippen molar-refractivity contribution in [3.8, 4) is 0 Å². The van der Waals surface area contributed by atoms with E-state index in [-0.39, 0.29) is 0 Å². The van der Waals surface area contributed by atoms with Gasteiger partial charge in [-0.15, -0.1) is 0 Å². The van der Waals surface area contributed by atoms with Gasteiger partial charge in [-0.25, -0.2) is 0 Å². The van der Waals surface area contributed by atoms with Gasteiger partial charge in [-0.05, 0) is 81.9 Å². The van der Waals surface area contributed by atoms with E-state index < -0.39 is 23.5 Å². The van der Waals surface area contributed by atoms with E-state index in [1.54, 1.807) is 12.2 Å². The molecule has 0 amide bonds. The minimum absolute atomic E-state index is 0.574. The fourth-order valence-corrected chi connectivity index (χ4v) is 4.40. The Balaban J connectivity index is 1.84. The molecule has 40 heavy (non-hydrogen) atoms. The molecular weight excluding hydrogens is 658 g/mol. The molecule has 0 bridgehead atoms. The Bertz CT molecular complexity index is 1410. The van der Waals surface area contributed by atoms with Crippen LogP contribution in [0, 0.1) is 0 Å². The summed E-state index contributed by atoms with van der Waals surface area (Å²) in [6, 6.07) is 24.8. The van der Waals surface area contributed by atoms with E-state index in [0.717, 1.165) is 55.5 Å². The normalized spacial score (nSPS) is 13.2. The standard InChI is InChI=1S/C32H20Br2F6/c33-27-15-7-23(8-16-27)29(19-5-21-1-11-25(12-2-21)31(35,36)37)30(24-9-17-28(34)18-10-24)20-6-22-3-13-26(14-4-22)32(38,39)40/h1-20H/b19-5+,20-6+,30-29+. The van der Waals surface area contributed by atoms with Crippen LogP contribution in [0.15, 0.2) is 118 Å². The Labute approximate surface area is 244 Å². The van der Waals surface area contributed by atoms with Crippen molar-refractivity contribution in [3.63, 3.8) is 0 Å². The van der Waals surface area contributed by atoms with Crippen LogP contribution >= 0.6 is 31.9 Å². The highest BCUT2D eigenvalue weighted by Gasteiger charge is 2.30.